The number of nitroso groups, excluding NO2 is 1. The van der Waals surface area contributed by atoms with E-state index in [9.17, 15) is 24.1 Å². The zero-order valence-corrected chi connectivity index (χ0v) is 19.4. The maximum atomic E-state index is 13.0. The summed E-state index contributed by atoms with van der Waals surface area (Å²) in [5.41, 5.74) is 6.53. The number of rotatable bonds is 13. The summed E-state index contributed by atoms with van der Waals surface area (Å²) in [4.78, 5) is 59.9. The first-order valence-corrected chi connectivity index (χ1v) is 11.1. The van der Waals surface area contributed by atoms with Gasteiger partial charge in [0.15, 0.2) is 0 Å². The molecule has 4 amide bonds. The SMILES string of the molecule is CC(C)C[C@@H](CC(=O)N=O)C(=O)N[C@@H](CC(C)C)C(=O)N[C@@H](CC1=CC=CCC1)C(N)=O. The van der Waals surface area contributed by atoms with Gasteiger partial charge in [0.1, 0.15) is 12.1 Å². The standard InChI is InChI=1S/C23H36N4O5/c1-14(2)10-17(13-20(28)27-32)22(30)26-19(11-15(3)4)23(31)25-18(21(24)29)12-16-8-6-5-7-9-16/h5-6,8,14-15,17-19H,7,9-13H2,1-4H3,(H2,24,29)(H,25,31)(H,26,30)/t17-,18-,19-/m0/s1. The second-order valence-electron chi connectivity index (χ2n) is 9.17. The van der Waals surface area contributed by atoms with E-state index in [1.54, 1.807) is 0 Å². The van der Waals surface area contributed by atoms with E-state index in [0.717, 1.165) is 18.4 Å². The van der Waals surface area contributed by atoms with Gasteiger partial charge in [-0.1, -0.05) is 51.5 Å². The third kappa shape index (κ3) is 9.98. The third-order valence-corrected chi connectivity index (χ3v) is 5.22. The molecule has 0 aromatic heterocycles. The Labute approximate surface area is 189 Å². The Balaban J connectivity index is 2.94. The Morgan fingerprint density at radius 2 is 1.62 bits per heavy atom. The molecule has 0 aliphatic heterocycles. The molecular weight excluding hydrogens is 412 g/mol. The highest BCUT2D eigenvalue weighted by Gasteiger charge is 2.30. The Kier molecular flexibility index (Phi) is 11.5. The van der Waals surface area contributed by atoms with Gasteiger partial charge < -0.3 is 16.4 Å². The van der Waals surface area contributed by atoms with Gasteiger partial charge in [-0.25, -0.2) is 0 Å². The summed E-state index contributed by atoms with van der Waals surface area (Å²) in [7, 11) is 0. The van der Waals surface area contributed by atoms with Crippen molar-refractivity contribution in [2.24, 2.45) is 28.7 Å². The van der Waals surface area contributed by atoms with Crippen molar-refractivity contribution < 1.29 is 19.2 Å². The van der Waals surface area contributed by atoms with Gasteiger partial charge in [0.2, 0.25) is 17.7 Å². The van der Waals surface area contributed by atoms with Crippen LogP contribution in [-0.4, -0.2) is 35.7 Å². The quantitative estimate of drug-likeness (QED) is 0.370. The lowest BCUT2D eigenvalue weighted by molar-refractivity contribution is -0.134. The second-order valence-corrected chi connectivity index (χ2v) is 9.17. The maximum Gasteiger partial charge on any atom is 0.287 e. The molecule has 0 bridgehead atoms. The molecule has 0 radical (unpaired) electrons. The van der Waals surface area contributed by atoms with Crippen molar-refractivity contribution in [3.05, 3.63) is 28.7 Å². The predicted octanol–water partition coefficient (Wildman–Crippen LogP) is 2.50. The summed E-state index contributed by atoms with van der Waals surface area (Å²) in [6.45, 7) is 7.60. The van der Waals surface area contributed by atoms with Crippen molar-refractivity contribution in [3.8, 4) is 0 Å². The van der Waals surface area contributed by atoms with Gasteiger partial charge >= 0.3 is 0 Å². The largest absolute Gasteiger partial charge is 0.368 e. The molecule has 1 aliphatic rings. The van der Waals surface area contributed by atoms with Crippen molar-refractivity contribution >= 4 is 23.6 Å². The van der Waals surface area contributed by atoms with Crippen LogP contribution in [0.4, 0.5) is 0 Å². The molecule has 4 N–H and O–H groups in total. The number of allylic oxidation sites excluding steroid dienone is 3. The van der Waals surface area contributed by atoms with Crippen molar-refractivity contribution in [2.45, 2.75) is 78.3 Å². The third-order valence-electron chi connectivity index (χ3n) is 5.22. The Morgan fingerprint density at radius 3 is 2.12 bits per heavy atom. The fraction of sp³-hybridized carbons (Fsp3) is 0.652. The molecule has 3 atom stereocenters. The average molecular weight is 449 g/mol. The summed E-state index contributed by atoms with van der Waals surface area (Å²) >= 11 is 0. The normalized spacial score (nSPS) is 16.1. The molecule has 32 heavy (non-hydrogen) atoms. The first-order valence-electron chi connectivity index (χ1n) is 11.1. The topological polar surface area (TPSA) is 148 Å². The summed E-state index contributed by atoms with van der Waals surface area (Å²) in [5.74, 6) is -3.15. The van der Waals surface area contributed by atoms with Crippen LogP contribution in [0.3, 0.4) is 0 Å². The van der Waals surface area contributed by atoms with Crippen molar-refractivity contribution in [1.82, 2.24) is 10.6 Å². The number of nitrogens with zero attached hydrogens (tertiary/aromatic N) is 1. The lowest BCUT2D eigenvalue weighted by Gasteiger charge is -2.26. The Hall–Kier alpha value is -2.84. The van der Waals surface area contributed by atoms with Crippen LogP contribution >= 0.6 is 0 Å². The van der Waals surface area contributed by atoms with Crippen molar-refractivity contribution in [1.29, 1.82) is 0 Å². The van der Waals surface area contributed by atoms with Crippen LogP contribution in [0.1, 0.15) is 66.2 Å². The minimum atomic E-state index is -0.904. The number of carbonyl (C=O) groups excluding carboxylic acids is 4. The van der Waals surface area contributed by atoms with Crippen LogP contribution in [-0.2, 0) is 19.2 Å². The fourth-order valence-corrected chi connectivity index (χ4v) is 3.67. The van der Waals surface area contributed by atoms with Crippen LogP contribution in [0.5, 0.6) is 0 Å². The molecule has 0 aromatic carbocycles. The molecule has 1 aliphatic carbocycles. The van der Waals surface area contributed by atoms with Gasteiger partial charge in [-0.05, 0) is 43.9 Å². The van der Waals surface area contributed by atoms with Crippen molar-refractivity contribution in [3.63, 3.8) is 0 Å². The lowest BCUT2D eigenvalue weighted by atomic mass is 9.92. The highest BCUT2D eigenvalue weighted by atomic mass is 16.3. The van der Waals surface area contributed by atoms with Crippen LogP contribution < -0.4 is 16.4 Å². The minimum Gasteiger partial charge on any atom is -0.368 e. The average Bonchev–Trinajstić information content (AvgIpc) is 2.72. The van der Waals surface area contributed by atoms with E-state index in [2.05, 4.69) is 15.8 Å². The molecule has 0 unspecified atom stereocenters. The molecular formula is C23H36N4O5. The fourth-order valence-electron chi connectivity index (χ4n) is 3.67. The first-order chi connectivity index (χ1) is 15.0. The van der Waals surface area contributed by atoms with E-state index in [0.29, 0.717) is 19.3 Å². The van der Waals surface area contributed by atoms with E-state index in [1.807, 2.05) is 45.9 Å². The number of amides is 4. The Bertz CT molecular complexity index is 757. The molecule has 0 aromatic rings. The Morgan fingerprint density at radius 1 is 1.00 bits per heavy atom. The van der Waals surface area contributed by atoms with Gasteiger partial charge in [-0.2, -0.15) is 0 Å². The van der Waals surface area contributed by atoms with E-state index in [-0.39, 0.29) is 18.3 Å². The van der Waals surface area contributed by atoms with Crippen LogP contribution in [0.15, 0.2) is 29.0 Å². The molecule has 0 saturated carbocycles. The molecule has 0 heterocycles. The van der Waals surface area contributed by atoms with E-state index >= 15 is 0 Å². The van der Waals surface area contributed by atoms with Crippen LogP contribution in [0.2, 0.25) is 0 Å². The number of hydrogen-bond donors (Lipinski definition) is 3. The molecule has 0 fully saturated rings. The highest BCUT2D eigenvalue weighted by molar-refractivity contribution is 5.93. The van der Waals surface area contributed by atoms with E-state index < -0.39 is 41.6 Å². The maximum absolute atomic E-state index is 13.0. The highest BCUT2D eigenvalue weighted by Crippen LogP contribution is 2.19. The monoisotopic (exact) mass is 448 g/mol. The summed E-state index contributed by atoms with van der Waals surface area (Å²) < 4.78 is 0. The van der Waals surface area contributed by atoms with Gasteiger partial charge in [-0.3, -0.25) is 19.2 Å². The van der Waals surface area contributed by atoms with E-state index in [1.165, 1.54) is 0 Å². The second kappa shape index (κ2) is 13.5. The van der Waals surface area contributed by atoms with Crippen LogP contribution in [0.25, 0.3) is 0 Å². The smallest absolute Gasteiger partial charge is 0.287 e. The van der Waals surface area contributed by atoms with Crippen LogP contribution in [0, 0.1) is 22.7 Å². The summed E-state index contributed by atoms with van der Waals surface area (Å²) in [6.07, 6.45) is 8.20. The zero-order chi connectivity index (χ0) is 24.3. The number of nitrogens with two attached hydrogens (primary N) is 1. The lowest BCUT2D eigenvalue weighted by Crippen LogP contribution is -2.54. The number of nitrogens with one attached hydrogen (secondary N) is 2. The van der Waals surface area contributed by atoms with Gasteiger partial charge in [0, 0.05) is 17.5 Å². The first kappa shape index (κ1) is 27.2. The number of primary amides is 1. The van der Waals surface area contributed by atoms with Gasteiger partial charge in [0.05, 0.1) is 0 Å². The molecule has 9 nitrogen and oxygen atoms in total. The molecule has 9 heteroatoms. The summed E-state index contributed by atoms with van der Waals surface area (Å²) in [5, 5.41) is 7.77. The van der Waals surface area contributed by atoms with Gasteiger partial charge in [0.25, 0.3) is 5.91 Å². The zero-order valence-electron chi connectivity index (χ0n) is 19.4. The van der Waals surface area contributed by atoms with E-state index in [4.69, 9.17) is 5.73 Å². The van der Waals surface area contributed by atoms with Gasteiger partial charge in [-0.15, -0.1) is 4.91 Å². The summed E-state index contributed by atoms with van der Waals surface area (Å²) in [6, 6.07) is -1.79. The molecule has 0 saturated heterocycles. The molecule has 1 rings (SSSR count). The molecule has 0 spiro atoms. The minimum absolute atomic E-state index is 0.0751. The number of hydrogen-bond acceptors (Lipinski definition) is 5. The predicted molar refractivity (Wildman–Crippen MR) is 122 cm³/mol. The molecule has 178 valence electrons. The number of carbonyl (C=O) groups is 4. The van der Waals surface area contributed by atoms with Crippen molar-refractivity contribution in [2.75, 3.05) is 0 Å².